The largest absolute Gasteiger partial charge is 0.378 e. The van der Waals surface area contributed by atoms with Crippen LogP contribution < -0.4 is 10.6 Å². The van der Waals surface area contributed by atoms with Crippen molar-refractivity contribution in [2.75, 3.05) is 25.1 Å². The number of para-hydroxylation sites is 1. The smallest absolute Gasteiger partial charge is 0.341 e. The number of sulfone groups is 1. The van der Waals surface area contributed by atoms with Crippen molar-refractivity contribution >= 4 is 21.4 Å². The van der Waals surface area contributed by atoms with Gasteiger partial charge in [0.15, 0.2) is 0 Å². The number of nitrogens with one attached hydrogen (secondary N) is 2. The molecule has 1 amide bonds. The van der Waals surface area contributed by atoms with Crippen LogP contribution in [-0.2, 0) is 19.4 Å². The van der Waals surface area contributed by atoms with E-state index in [0.29, 0.717) is 13.2 Å². The predicted octanol–water partition coefficient (Wildman–Crippen LogP) is 0.610. The van der Waals surface area contributed by atoms with Crippen LogP contribution in [0.2, 0.25) is 0 Å². The number of alkyl halides is 2. The maximum Gasteiger partial charge on any atom is 0.341 e. The number of amides is 1. The van der Waals surface area contributed by atoms with Gasteiger partial charge in [-0.3, -0.25) is 4.79 Å². The van der Waals surface area contributed by atoms with Crippen LogP contribution in [0.3, 0.4) is 0 Å². The predicted molar refractivity (Wildman–Crippen MR) is 70.9 cm³/mol. The molecule has 1 aromatic carbocycles. The maximum atomic E-state index is 12.6. The fourth-order valence-corrected chi connectivity index (χ4v) is 2.75. The molecule has 1 saturated heterocycles. The van der Waals surface area contributed by atoms with Gasteiger partial charge in [0.2, 0.25) is 15.7 Å². The number of ether oxygens (including phenoxy) is 1. The Balaban J connectivity index is 2.23. The van der Waals surface area contributed by atoms with Gasteiger partial charge >= 0.3 is 5.76 Å². The molecule has 2 rings (SSSR count). The van der Waals surface area contributed by atoms with Crippen LogP contribution in [-0.4, -0.2) is 45.9 Å². The Bertz CT molecular complexity index is 615. The molecule has 1 unspecified atom stereocenters. The van der Waals surface area contributed by atoms with E-state index in [4.69, 9.17) is 4.74 Å². The van der Waals surface area contributed by atoms with Crippen LogP contribution in [0.1, 0.15) is 0 Å². The van der Waals surface area contributed by atoms with E-state index >= 15 is 0 Å². The Morgan fingerprint density at radius 1 is 1.38 bits per heavy atom. The molecular formula is C12H14F2N2O4S. The number of hydrogen-bond acceptors (Lipinski definition) is 5. The van der Waals surface area contributed by atoms with Crippen LogP contribution in [0.25, 0.3) is 0 Å². The van der Waals surface area contributed by atoms with Gasteiger partial charge in [-0.1, -0.05) is 12.1 Å². The molecule has 0 saturated carbocycles. The molecule has 1 aliphatic heterocycles. The van der Waals surface area contributed by atoms with E-state index in [2.05, 4.69) is 10.6 Å². The molecule has 1 atom stereocenters. The zero-order valence-electron chi connectivity index (χ0n) is 10.9. The zero-order valence-corrected chi connectivity index (χ0v) is 11.7. The molecule has 6 nitrogen and oxygen atoms in total. The molecule has 0 radical (unpaired) electrons. The van der Waals surface area contributed by atoms with Gasteiger partial charge in [-0.05, 0) is 12.1 Å². The van der Waals surface area contributed by atoms with E-state index in [1.807, 2.05) is 0 Å². The molecule has 0 bridgehead atoms. The van der Waals surface area contributed by atoms with Crippen LogP contribution in [0.5, 0.6) is 0 Å². The molecule has 1 heterocycles. The van der Waals surface area contributed by atoms with Gasteiger partial charge in [0.05, 0.1) is 23.8 Å². The second-order valence-corrected chi connectivity index (χ2v) is 6.26. The molecule has 1 aromatic rings. The van der Waals surface area contributed by atoms with E-state index in [1.54, 1.807) is 0 Å². The Morgan fingerprint density at radius 2 is 2.10 bits per heavy atom. The number of carbonyl (C=O) groups is 1. The summed E-state index contributed by atoms with van der Waals surface area (Å²) in [5, 5.41) is 5.23. The third kappa shape index (κ3) is 3.55. The quantitative estimate of drug-likeness (QED) is 0.849. The molecule has 0 spiro atoms. The highest BCUT2D eigenvalue weighted by Gasteiger charge is 2.30. The summed E-state index contributed by atoms with van der Waals surface area (Å²) in [5.41, 5.74) is -0.171. The van der Waals surface area contributed by atoms with Gasteiger partial charge in [-0.15, -0.1) is 0 Å². The molecule has 21 heavy (non-hydrogen) atoms. The fourth-order valence-electron chi connectivity index (χ4n) is 1.87. The topological polar surface area (TPSA) is 84.5 Å². The van der Waals surface area contributed by atoms with E-state index in [1.165, 1.54) is 18.2 Å². The van der Waals surface area contributed by atoms with Gasteiger partial charge in [0, 0.05) is 6.54 Å². The number of rotatable bonds is 4. The normalized spacial score (nSPS) is 19.5. The zero-order chi connectivity index (χ0) is 15.5. The van der Waals surface area contributed by atoms with Gasteiger partial charge in [-0.25, -0.2) is 8.42 Å². The highest BCUT2D eigenvalue weighted by Crippen LogP contribution is 2.26. The lowest BCUT2D eigenvalue weighted by Gasteiger charge is -2.23. The van der Waals surface area contributed by atoms with Crippen molar-refractivity contribution in [3.05, 3.63) is 24.3 Å². The van der Waals surface area contributed by atoms with Crippen molar-refractivity contribution in [1.29, 1.82) is 0 Å². The summed E-state index contributed by atoms with van der Waals surface area (Å²) in [6, 6.07) is 4.40. The molecule has 116 valence electrons. The van der Waals surface area contributed by atoms with Gasteiger partial charge in [0.1, 0.15) is 6.04 Å². The summed E-state index contributed by atoms with van der Waals surface area (Å²) < 4.78 is 53.5. The SMILES string of the molecule is O=C(Nc1ccccc1S(=O)(=O)C(F)F)C1COCCN1. The van der Waals surface area contributed by atoms with E-state index < -0.39 is 32.4 Å². The lowest BCUT2D eigenvalue weighted by atomic mass is 10.2. The van der Waals surface area contributed by atoms with Crippen molar-refractivity contribution in [2.24, 2.45) is 0 Å². The Hall–Kier alpha value is -1.58. The number of benzene rings is 1. The number of carbonyl (C=O) groups excluding carboxylic acids is 1. The van der Waals surface area contributed by atoms with Crippen LogP contribution in [0.4, 0.5) is 14.5 Å². The lowest BCUT2D eigenvalue weighted by Crippen LogP contribution is -2.49. The molecule has 0 aromatic heterocycles. The number of halogens is 2. The Morgan fingerprint density at radius 3 is 2.71 bits per heavy atom. The highest BCUT2D eigenvalue weighted by atomic mass is 32.2. The summed E-state index contributed by atoms with van der Waals surface area (Å²) >= 11 is 0. The van der Waals surface area contributed by atoms with Crippen molar-refractivity contribution in [1.82, 2.24) is 5.32 Å². The lowest BCUT2D eigenvalue weighted by molar-refractivity contribution is -0.120. The number of anilines is 1. The third-order valence-electron chi connectivity index (χ3n) is 2.92. The van der Waals surface area contributed by atoms with E-state index in [0.717, 1.165) is 6.07 Å². The Labute approximate surface area is 120 Å². The molecular weight excluding hydrogens is 306 g/mol. The highest BCUT2D eigenvalue weighted by molar-refractivity contribution is 7.91. The maximum absolute atomic E-state index is 12.6. The molecule has 1 aliphatic rings. The molecule has 2 N–H and O–H groups in total. The minimum absolute atomic E-state index is 0.135. The number of morpholine rings is 1. The third-order valence-corrected chi connectivity index (χ3v) is 4.36. The minimum Gasteiger partial charge on any atom is -0.378 e. The second kappa shape index (κ2) is 6.46. The van der Waals surface area contributed by atoms with Crippen molar-refractivity contribution in [3.8, 4) is 0 Å². The van der Waals surface area contributed by atoms with E-state index in [9.17, 15) is 22.0 Å². The molecule has 0 aliphatic carbocycles. The van der Waals surface area contributed by atoms with Crippen LogP contribution in [0.15, 0.2) is 29.2 Å². The average molecular weight is 320 g/mol. The minimum atomic E-state index is -4.78. The summed E-state index contributed by atoms with van der Waals surface area (Å²) in [6.07, 6.45) is 0. The summed E-state index contributed by atoms with van der Waals surface area (Å²) in [7, 11) is -4.78. The molecule has 9 heteroatoms. The van der Waals surface area contributed by atoms with Crippen LogP contribution >= 0.6 is 0 Å². The second-order valence-electron chi connectivity index (χ2n) is 4.37. The van der Waals surface area contributed by atoms with E-state index in [-0.39, 0.29) is 12.3 Å². The number of hydrogen-bond donors (Lipinski definition) is 2. The van der Waals surface area contributed by atoms with Gasteiger partial charge in [-0.2, -0.15) is 8.78 Å². The first-order valence-corrected chi connectivity index (χ1v) is 7.70. The first kappa shape index (κ1) is 15.8. The Kier molecular flexibility index (Phi) is 4.86. The monoisotopic (exact) mass is 320 g/mol. The van der Waals surface area contributed by atoms with Crippen molar-refractivity contribution in [2.45, 2.75) is 16.7 Å². The van der Waals surface area contributed by atoms with Gasteiger partial charge in [0.25, 0.3) is 0 Å². The van der Waals surface area contributed by atoms with Crippen LogP contribution in [0, 0.1) is 0 Å². The van der Waals surface area contributed by atoms with Crippen molar-refractivity contribution < 1.29 is 26.7 Å². The van der Waals surface area contributed by atoms with Gasteiger partial charge < -0.3 is 15.4 Å². The standard InChI is InChI=1S/C12H14F2N2O4S/c13-12(14)21(18,19)10-4-2-1-3-8(10)16-11(17)9-7-20-6-5-15-9/h1-4,9,12,15H,5-7H2,(H,16,17). The average Bonchev–Trinajstić information content (AvgIpc) is 2.48. The molecule has 1 fully saturated rings. The summed E-state index contributed by atoms with van der Waals surface area (Å²) in [5.74, 6) is -4.08. The summed E-state index contributed by atoms with van der Waals surface area (Å²) in [6.45, 7) is 1.09. The van der Waals surface area contributed by atoms with Crippen molar-refractivity contribution in [3.63, 3.8) is 0 Å². The first-order chi connectivity index (χ1) is 9.93. The first-order valence-electron chi connectivity index (χ1n) is 6.16. The summed E-state index contributed by atoms with van der Waals surface area (Å²) in [4.78, 5) is 11.4. The fraction of sp³-hybridized carbons (Fsp3) is 0.417.